The second-order valence-corrected chi connectivity index (χ2v) is 4.37. The number of para-hydroxylation sites is 1. The van der Waals surface area contributed by atoms with Gasteiger partial charge in [0.1, 0.15) is 5.69 Å². The molecule has 0 bridgehead atoms. The van der Waals surface area contributed by atoms with Crippen molar-refractivity contribution in [3.05, 3.63) is 36.0 Å². The third-order valence-corrected chi connectivity index (χ3v) is 2.42. The molecule has 5 nitrogen and oxygen atoms in total. The van der Waals surface area contributed by atoms with Gasteiger partial charge in [0.15, 0.2) is 5.96 Å². The lowest BCUT2D eigenvalue weighted by Gasteiger charge is -2.07. The number of fused-ring (bicyclic) bond motifs is 1. The molecule has 0 aliphatic heterocycles. The van der Waals surface area contributed by atoms with Crippen LogP contribution >= 0.6 is 0 Å². The Labute approximate surface area is 105 Å². The number of guanidine groups is 1. The number of aromatic amines is 1. The summed E-state index contributed by atoms with van der Waals surface area (Å²) in [5.74, 6) is -0.245. The smallest absolute Gasteiger partial charge is 0.296 e. The number of hydrogen-bond acceptors (Lipinski definition) is 1. The molecule has 1 aromatic heterocycles. The Balaban J connectivity index is 2.23. The van der Waals surface area contributed by atoms with Crippen molar-refractivity contribution in [3.8, 4) is 0 Å². The molecule has 2 rings (SSSR count). The molecule has 2 aromatic rings. The molecule has 94 valence electrons. The second-order valence-electron chi connectivity index (χ2n) is 4.37. The predicted molar refractivity (Wildman–Crippen MR) is 72.5 cm³/mol. The number of amides is 1. The Morgan fingerprint density at radius 1 is 1.39 bits per heavy atom. The van der Waals surface area contributed by atoms with E-state index in [9.17, 15) is 4.79 Å². The molecule has 1 heterocycles. The van der Waals surface area contributed by atoms with Crippen LogP contribution in [0.15, 0.2) is 35.3 Å². The van der Waals surface area contributed by atoms with Crippen LogP contribution in [-0.2, 0) is 0 Å². The molecule has 0 unspecified atom stereocenters. The van der Waals surface area contributed by atoms with E-state index in [1.165, 1.54) is 0 Å². The molecule has 0 fully saturated rings. The Bertz CT molecular complexity index is 565. The van der Waals surface area contributed by atoms with Crippen molar-refractivity contribution >= 4 is 22.8 Å². The number of carbonyl (C=O) groups is 1. The zero-order valence-corrected chi connectivity index (χ0v) is 10.4. The van der Waals surface area contributed by atoms with E-state index in [0.29, 0.717) is 5.69 Å². The molecule has 4 N–H and O–H groups in total. The Morgan fingerprint density at radius 3 is 2.78 bits per heavy atom. The van der Waals surface area contributed by atoms with Crippen LogP contribution in [0.5, 0.6) is 0 Å². The topological polar surface area (TPSA) is 83.3 Å². The van der Waals surface area contributed by atoms with Crippen LogP contribution in [0.2, 0.25) is 0 Å². The zero-order valence-electron chi connectivity index (χ0n) is 10.4. The molecule has 5 heteroatoms. The van der Waals surface area contributed by atoms with Gasteiger partial charge in [-0.3, -0.25) is 4.79 Å². The van der Waals surface area contributed by atoms with E-state index in [1.54, 1.807) is 6.07 Å². The zero-order chi connectivity index (χ0) is 13.1. The minimum Gasteiger partial charge on any atom is -0.370 e. The summed E-state index contributed by atoms with van der Waals surface area (Å²) in [4.78, 5) is 18.7. The van der Waals surface area contributed by atoms with Gasteiger partial charge in [-0.25, -0.2) is 0 Å². The second kappa shape index (κ2) is 4.91. The fourth-order valence-electron chi connectivity index (χ4n) is 1.69. The maximum absolute atomic E-state index is 11.9. The van der Waals surface area contributed by atoms with E-state index in [1.807, 2.05) is 38.1 Å². The number of aromatic nitrogens is 1. The number of nitrogens with one attached hydrogen (secondary N) is 2. The summed E-state index contributed by atoms with van der Waals surface area (Å²) in [5.41, 5.74) is 6.95. The van der Waals surface area contributed by atoms with Gasteiger partial charge in [0.05, 0.1) is 0 Å². The van der Waals surface area contributed by atoms with E-state index in [0.717, 1.165) is 10.9 Å². The van der Waals surface area contributed by atoms with Crippen molar-refractivity contribution in [2.24, 2.45) is 10.7 Å². The Hall–Kier alpha value is -2.30. The standard InChI is InChI=1S/C13H16N4O/c1-8(2)15-13(14)17-12(18)11-7-9-5-3-4-6-10(9)16-11/h3-8,16H,1-2H3,(H3,14,15,17,18). The van der Waals surface area contributed by atoms with Crippen LogP contribution < -0.4 is 11.1 Å². The summed E-state index contributed by atoms with van der Waals surface area (Å²) in [5, 5.41) is 3.85. The minimum absolute atomic E-state index is 0.133. The van der Waals surface area contributed by atoms with Gasteiger partial charge in [0.25, 0.3) is 5.91 Å². The minimum atomic E-state index is -0.378. The van der Waals surface area contributed by atoms with Crippen molar-refractivity contribution in [3.63, 3.8) is 0 Å². The first kappa shape index (κ1) is 12.2. The molecule has 18 heavy (non-hydrogen) atoms. The van der Waals surface area contributed by atoms with Gasteiger partial charge in [-0.1, -0.05) is 18.2 Å². The number of rotatable bonds is 2. The van der Waals surface area contributed by atoms with Crippen molar-refractivity contribution < 1.29 is 4.79 Å². The molecule has 0 radical (unpaired) electrons. The molecular formula is C13H16N4O. The average molecular weight is 244 g/mol. The highest BCUT2D eigenvalue weighted by molar-refractivity contribution is 6.03. The van der Waals surface area contributed by atoms with Crippen LogP contribution in [0.1, 0.15) is 24.3 Å². The number of carbonyl (C=O) groups excluding carboxylic acids is 1. The largest absolute Gasteiger partial charge is 0.370 e. The van der Waals surface area contributed by atoms with E-state index in [-0.39, 0.29) is 17.9 Å². The monoisotopic (exact) mass is 244 g/mol. The van der Waals surface area contributed by atoms with Crippen molar-refractivity contribution in [1.82, 2.24) is 10.3 Å². The quantitative estimate of drug-likeness (QED) is 0.554. The fourth-order valence-corrected chi connectivity index (χ4v) is 1.69. The first-order valence-corrected chi connectivity index (χ1v) is 5.79. The molecule has 0 aliphatic carbocycles. The van der Waals surface area contributed by atoms with Crippen molar-refractivity contribution in [2.45, 2.75) is 19.9 Å². The first-order chi connectivity index (χ1) is 8.56. The lowest BCUT2D eigenvalue weighted by atomic mass is 10.2. The summed E-state index contributed by atoms with van der Waals surface area (Å²) in [6.07, 6.45) is 0. The van der Waals surface area contributed by atoms with Crippen molar-refractivity contribution in [1.29, 1.82) is 0 Å². The summed E-state index contributed by atoms with van der Waals surface area (Å²) in [7, 11) is 0. The van der Waals surface area contributed by atoms with Crippen LogP contribution in [0.25, 0.3) is 10.9 Å². The highest BCUT2D eigenvalue weighted by atomic mass is 16.1. The maximum Gasteiger partial charge on any atom is 0.296 e. The number of nitrogens with zero attached hydrogens (tertiary/aromatic N) is 1. The number of H-pyrrole nitrogens is 1. The fraction of sp³-hybridized carbons (Fsp3) is 0.231. The summed E-state index contributed by atoms with van der Waals surface area (Å²) >= 11 is 0. The van der Waals surface area contributed by atoms with Gasteiger partial charge in [0.2, 0.25) is 0 Å². The van der Waals surface area contributed by atoms with Crippen LogP contribution in [0.4, 0.5) is 0 Å². The van der Waals surface area contributed by atoms with Gasteiger partial charge in [-0.15, -0.1) is 0 Å². The highest BCUT2D eigenvalue weighted by Gasteiger charge is 2.09. The van der Waals surface area contributed by atoms with Gasteiger partial charge in [-0.05, 0) is 26.0 Å². The molecule has 0 saturated carbocycles. The summed E-state index contributed by atoms with van der Waals surface area (Å²) in [6.45, 7) is 3.85. The Kier molecular flexibility index (Phi) is 3.32. The lowest BCUT2D eigenvalue weighted by Crippen LogP contribution is -2.37. The predicted octanol–water partition coefficient (Wildman–Crippen LogP) is 1.62. The molecule has 0 spiro atoms. The van der Waals surface area contributed by atoms with E-state index < -0.39 is 0 Å². The van der Waals surface area contributed by atoms with E-state index >= 15 is 0 Å². The SMILES string of the molecule is CC(C)NC(N)=NC(=O)c1cc2ccccc2[nH]1. The van der Waals surface area contributed by atoms with Gasteiger partial charge in [0, 0.05) is 16.9 Å². The van der Waals surface area contributed by atoms with Gasteiger partial charge < -0.3 is 16.0 Å². The summed E-state index contributed by atoms with van der Waals surface area (Å²) < 4.78 is 0. The third kappa shape index (κ3) is 2.68. The van der Waals surface area contributed by atoms with Gasteiger partial charge in [-0.2, -0.15) is 4.99 Å². The normalized spacial score (nSPS) is 12.1. The van der Waals surface area contributed by atoms with Crippen molar-refractivity contribution in [2.75, 3.05) is 0 Å². The number of aliphatic imine (C=N–C) groups is 1. The van der Waals surface area contributed by atoms with Crippen LogP contribution in [0.3, 0.4) is 0 Å². The number of benzene rings is 1. The Morgan fingerprint density at radius 2 is 2.11 bits per heavy atom. The van der Waals surface area contributed by atoms with Gasteiger partial charge >= 0.3 is 0 Å². The third-order valence-electron chi connectivity index (χ3n) is 2.42. The molecular weight excluding hydrogens is 228 g/mol. The number of hydrogen-bond donors (Lipinski definition) is 3. The average Bonchev–Trinajstić information content (AvgIpc) is 2.71. The van der Waals surface area contributed by atoms with E-state index in [2.05, 4.69) is 15.3 Å². The van der Waals surface area contributed by atoms with Crippen LogP contribution in [0, 0.1) is 0 Å². The molecule has 0 aliphatic rings. The lowest BCUT2D eigenvalue weighted by molar-refractivity contribution is 0.0998. The molecule has 0 atom stereocenters. The highest BCUT2D eigenvalue weighted by Crippen LogP contribution is 2.15. The molecule has 1 amide bonds. The van der Waals surface area contributed by atoms with E-state index in [4.69, 9.17) is 5.73 Å². The molecule has 1 aromatic carbocycles. The maximum atomic E-state index is 11.9. The first-order valence-electron chi connectivity index (χ1n) is 5.79. The summed E-state index contributed by atoms with van der Waals surface area (Å²) in [6, 6.07) is 9.58. The molecule has 0 saturated heterocycles. The van der Waals surface area contributed by atoms with Crippen LogP contribution in [-0.4, -0.2) is 22.9 Å². The number of nitrogens with two attached hydrogens (primary N) is 1.